The Morgan fingerprint density at radius 3 is 3.06 bits per heavy atom. The van der Waals surface area contributed by atoms with Gasteiger partial charge in [0.1, 0.15) is 5.75 Å². The molecule has 2 atom stereocenters. The minimum absolute atomic E-state index is 0.238. The number of hydrogen-bond acceptors (Lipinski definition) is 3. The predicted octanol–water partition coefficient (Wildman–Crippen LogP) is 2.74. The number of nitrogens with two attached hydrogens (primary N) is 1. The molecule has 3 heteroatoms. The van der Waals surface area contributed by atoms with Crippen LogP contribution in [0.3, 0.4) is 0 Å². The summed E-state index contributed by atoms with van der Waals surface area (Å²) in [7, 11) is 0. The summed E-state index contributed by atoms with van der Waals surface area (Å²) in [5, 5.41) is 0. The Bertz CT molecular complexity index is 417. The van der Waals surface area contributed by atoms with Crippen molar-refractivity contribution in [3.05, 3.63) is 42.0 Å². The van der Waals surface area contributed by atoms with Crippen molar-refractivity contribution in [2.45, 2.75) is 38.1 Å². The van der Waals surface area contributed by atoms with Crippen molar-refractivity contribution >= 4 is 0 Å². The molecule has 0 saturated carbocycles. The zero-order valence-electron chi connectivity index (χ0n) is 11.0. The second-order valence-corrected chi connectivity index (χ2v) is 4.86. The van der Waals surface area contributed by atoms with E-state index in [1.54, 1.807) is 0 Å². The maximum Gasteiger partial charge on any atom is 0.122 e. The van der Waals surface area contributed by atoms with Crippen molar-refractivity contribution < 1.29 is 4.74 Å². The number of nitrogens with one attached hydrogen (secondary N) is 1. The van der Waals surface area contributed by atoms with Crippen LogP contribution in [0.1, 0.15) is 37.7 Å². The molecule has 2 rings (SSSR count). The van der Waals surface area contributed by atoms with Gasteiger partial charge in [0.15, 0.2) is 0 Å². The topological polar surface area (TPSA) is 47.3 Å². The summed E-state index contributed by atoms with van der Waals surface area (Å²) in [6.07, 6.45) is 2.93. The standard InChI is InChI=1S/C15H22N2O/c1-3-11(2)10-14(17-16)12-8-9-18-15-7-5-4-6-13(12)15/h4-7,12,14,17H,2-3,8-10,16H2,1H3. The molecule has 1 aliphatic rings. The van der Waals surface area contributed by atoms with E-state index >= 15 is 0 Å². The zero-order chi connectivity index (χ0) is 13.0. The maximum atomic E-state index is 5.73. The van der Waals surface area contributed by atoms with Gasteiger partial charge in [-0.1, -0.05) is 37.3 Å². The molecule has 3 nitrogen and oxygen atoms in total. The fraction of sp³-hybridized carbons (Fsp3) is 0.467. The zero-order valence-corrected chi connectivity index (χ0v) is 11.0. The molecule has 0 fully saturated rings. The largest absolute Gasteiger partial charge is 0.493 e. The van der Waals surface area contributed by atoms with E-state index in [0.29, 0.717) is 5.92 Å². The van der Waals surface area contributed by atoms with Gasteiger partial charge in [-0.05, 0) is 30.9 Å². The summed E-state index contributed by atoms with van der Waals surface area (Å²) >= 11 is 0. The van der Waals surface area contributed by atoms with E-state index < -0.39 is 0 Å². The number of ether oxygens (including phenoxy) is 1. The van der Waals surface area contributed by atoms with Crippen molar-refractivity contribution in [1.29, 1.82) is 0 Å². The number of para-hydroxylation sites is 1. The molecule has 0 saturated heterocycles. The molecule has 98 valence electrons. The molecule has 1 heterocycles. The molecule has 0 bridgehead atoms. The molecule has 1 aromatic carbocycles. The molecule has 0 radical (unpaired) electrons. The van der Waals surface area contributed by atoms with E-state index in [0.717, 1.165) is 31.6 Å². The first kappa shape index (κ1) is 13.1. The van der Waals surface area contributed by atoms with Crippen molar-refractivity contribution in [3.8, 4) is 5.75 Å². The number of benzene rings is 1. The maximum absolute atomic E-state index is 5.73. The fourth-order valence-corrected chi connectivity index (χ4v) is 2.56. The Balaban J connectivity index is 2.19. The van der Waals surface area contributed by atoms with Crippen molar-refractivity contribution in [1.82, 2.24) is 5.43 Å². The van der Waals surface area contributed by atoms with Gasteiger partial charge < -0.3 is 4.74 Å². The Labute approximate surface area is 109 Å². The fourth-order valence-electron chi connectivity index (χ4n) is 2.56. The monoisotopic (exact) mass is 246 g/mol. The Hall–Kier alpha value is -1.32. The van der Waals surface area contributed by atoms with Crippen LogP contribution in [-0.4, -0.2) is 12.6 Å². The van der Waals surface area contributed by atoms with Crippen LogP contribution >= 0.6 is 0 Å². The van der Waals surface area contributed by atoms with E-state index in [1.807, 2.05) is 12.1 Å². The average molecular weight is 246 g/mol. The van der Waals surface area contributed by atoms with Crippen LogP contribution in [-0.2, 0) is 0 Å². The third-order valence-electron chi connectivity index (χ3n) is 3.71. The van der Waals surface area contributed by atoms with E-state index in [1.165, 1.54) is 11.1 Å². The third-order valence-corrected chi connectivity index (χ3v) is 3.71. The molecule has 0 aliphatic carbocycles. The van der Waals surface area contributed by atoms with Gasteiger partial charge >= 0.3 is 0 Å². The highest BCUT2D eigenvalue weighted by atomic mass is 16.5. The number of rotatable bonds is 5. The molecule has 0 aromatic heterocycles. The SMILES string of the molecule is C=C(CC)CC(NN)C1CCOc2ccccc21. The lowest BCUT2D eigenvalue weighted by atomic mass is 9.84. The molecule has 1 aromatic rings. The third kappa shape index (κ3) is 2.74. The molecule has 1 aliphatic heterocycles. The van der Waals surface area contributed by atoms with Crippen LogP contribution in [0.4, 0.5) is 0 Å². The second kappa shape index (κ2) is 6.03. The Morgan fingerprint density at radius 1 is 1.56 bits per heavy atom. The summed E-state index contributed by atoms with van der Waals surface area (Å²) in [6, 6.07) is 8.48. The summed E-state index contributed by atoms with van der Waals surface area (Å²) in [5.74, 6) is 7.13. The molecular weight excluding hydrogens is 224 g/mol. The van der Waals surface area contributed by atoms with E-state index in [9.17, 15) is 0 Å². The molecule has 18 heavy (non-hydrogen) atoms. The van der Waals surface area contributed by atoms with Crippen molar-refractivity contribution in [2.75, 3.05) is 6.61 Å². The van der Waals surface area contributed by atoms with Gasteiger partial charge in [0.25, 0.3) is 0 Å². The highest BCUT2D eigenvalue weighted by Crippen LogP contribution is 2.36. The first-order valence-electron chi connectivity index (χ1n) is 6.60. The van der Waals surface area contributed by atoms with Gasteiger partial charge in [-0.3, -0.25) is 11.3 Å². The van der Waals surface area contributed by atoms with Crippen molar-refractivity contribution in [3.63, 3.8) is 0 Å². The highest BCUT2D eigenvalue weighted by Gasteiger charge is 2.28. The van der Waals surface area contributed by atoms with Gasteiger partial charge in [0, 0.05) is 12.0 Å². The number of hydrazine groups is 1. The normalized spacial score (nSPS) is 19.8. The van der Waals surface area contributed by atoms with Crippen molar-refractivity contribution in [2.24, 2.45) is 5.84 Å². The van der Waals surface area contributed by atoms with E-state index in [-0.39, 0.29) is 6.04 Å². The van der Waals surface area contributed by atoms with Crippen LogP contribution in [0, 0.1) is 0 Å². The van der Waals surface area contributed by atoms with Gasteiger partial charge in [-0.25, -0.2) is 0 Å². The van der Waals surface area contributed by atoms with Crippen LogP contribution in [0.2, 0.25) is 0 Å². The first-order valence-corrected chi connectivity index (χ1v) is 6.60. The highest BCUT2D eigenvalue weighted by molar-refractivity contribution is 5.38. The average Bonchev–Trinajstić information content (AvgIpc) is 2.44. The van der Waals surface area contributed by atoms with E-state index in [2.05, 4.69) is 31.1 Å². The summed E-state index contributed by atoms with van der Waals surface area (Å²) in [5.41, 5.74) is 5.46. The smallest absolute Gasteiger partial charge is 0.122 e. The predicted molar refractivity (Wildman–Crippen MR) is 74.5 cm³/mol. The van der Waals surface area contributed by atoms with Gasteiger partial charge in [-0.15, -0.1) is 0 Å². The summed E-state index contributed by atoms with van der Waals surface area (Å²) in [4.78, 5) is 0. The van der Waals surface area contributed by atoms with Gasteiger partial charge in [0.05, 0.1) is 6.61 Å². The Kier molecular flexibility index (Phi) is 4.39. The van der Waals surface area contributed by atoms with Gasteiger partial charge in [-0.2, -0.15) is 0 Å². The van der Waals surface area contributed by atoms with Gasteiger partial charge in [0.2, 0.25) is 0 Å². The lowest BCUT2D eigenvalue weighted by Gasteiger charge is -2.32. The quantitative estimate of drug-likeness (QED) is 0.477. The first-order chi connectivity index (χ1) is 8.76. The second-order valence-electron chi connectivity index (χ2n) is 4.86. The molecule has 2 unspecified atom stereocenters. The minimum Gasteiger partial charge on any atom is -0.493 e. The minimum atomic E-state index is 0.238. The van der Waals surface area contributed by atoms with Crippen LogP contribution in [0.25, 0.3) is 0 Å². The molecule has 0 amide bonds. The summed E-state index contributed by atoms with van der Waals surface area (Å²) in [6.45, 7) is 6.98. The van der Waals surface area contributed by atoms with Crippen LogP contribution in [0.5, 0.6) is 5.75 Å². The lowest BCUT2D eigenvalue weighted by Crippen LogP contribution is -2.41. The van der Waals surface area contributed by atoms with Crippen LogP contribution in [0.15, 0.2) is 36.4 Å². The number of hydrogen-bond donors (Lipinski definition) is 2. The molecule has 0 spiro atoms. The number of fused-ring (bicyclic) bond motifs is 1. The Morgan fingerprint density at radius 2 is 2.33 bits per heavy atom. The lowest BCUT2D eigenvalue weighted by molar-refractivity contribution is 0.244. The van der Waals surface area contributed by atoms with Crippen LogP contribution < -0.4 is 16.0 Å². The molecular formula is C15H22N2O. The van der Waals surface area contributed by atoms with E-state index in [4.69, 9.17) is 10.6 Å². The molecule has 3 N–H and O–H groups in total. The summed E-state index contributed by atoms with van der Waals surface area (Å²) < 4.78 is 5.69.